The first kappa shape index (κ1) is 20.5. The lowest BCUT2D eigenvalue weighted by molar-refractivity contribution is 0.0951. The summed E-state index contributed by atoms with van der Waals surface area (Å²) in [7, 11) is 0. The molecule has 5 heteroatoms. The number of hydrogen-bond acceptors (Lipinski definition) is 4. The second-order valence-corrected chi connectivity index (χ2v) is 9.32. The van der Waals surface area contributed by atoms with Crippen LogP contribution in [0.2, 0.25) is 0 Å². The molecule has 0 radical (unpaired) electrons. The summed E-state index contributed by atoms with van der Waals surface area (Å²) in [5.74, 6) is -0.697. The first-order valence-electron chi connectivity index (χ1n) is 10.3. The van der Waals surface area contributed by atoms with Gasteiger partial charge < -0.3 is 4.90 Å². The zero-order chi connectivity index (χ0) is 22.3. The van der Waals surface area contributed by atoms with Gasteiger partial charge >= 0.3 is 0 Å². The molecule has 0 N–H and O–H groups in total. The van der Waals surface area contributed by atoms with Crippen molar-refractivity contribution in [1.82, 2.24) is 0 Å². The summed E-state index contributed by atoms with van der Waals surface area (Å²) < 4.78 is 0.997. The van der Waals surface area contributed by atoms with Crippen molar-refractivity contribution in [3.05, 3.63) is 105 Å². The number of fused-ring (bicyclic) bond motifs is 3. The fraction of sp³-hybridized carbons (Fsp3) is 0.148. The van der Waals surface area contributed by atoms with Crippen LogP contribution in [-0.2, 0) is 0 Å². The molecule has 154 valence electrons. The van der Waals surface area contributed by atoms with Gasteiger partial charge in [-0.15, -0.1) is 0 Å². The topological polar surface area (TPSA) is 67.9 Å². The molecule has 3 atom stereocenters. The van der Waals surface area contributed by atoms with Crippen LogP contribution in [0, 0.1) is 31.6 Å². The standard InChI is InChI=1S/C27H18IN3O/c28-21-11-6-10-20(15-21)24-25(26(32)19-8-2-1-3-9-19)31-22-12-5-4-7-18(22)13-14-23(31)27(24,16-29)17-30/h1-15,23-25H/t23-,24+,25+/m0/s1. The van der Waals surface area contributed by atoms with Crippen molar-refractivity contribution >= 4 is 40.1 Å². The Kier molecular flexibility index (Phi) is 5.07. The van der Waals surface area contributed by atoms with Crippen molar-refractivity contribution in [2.75, 3.05) is 4.90 Å². The van der Waals surface area contributed by atoms with E-state index in [2.05, 4.69) is 34.7 Å². The highest BCUT2D eigenvalue weighted by molar-refractivity contribution is 14.1. The Morgan fingerprint density at radius 2 is 1.66 bits per heavy atom. The van der Waals surface area contributed by atoms with Crippen molar-refractivity contribution in [3.63, 3.8) is 0 Å². The van der Waals surface area contributed by atoms with Crippen LogP contribution in [0.5, 0.6) is 0 Å². The molecule has 0 aromatic heterocycles. The average molecular weight is 527 g/mol. The highest BCUT2D eigenvalue weighted by atomic mass is 127. The van der Waals surface area contributed by atoms with Gasteiger partial charge in [0.2, 0.25) is 0 Å². The first-order chi connectivity index (χ1) is 15.6. The minimum Gasteiger partial charge on any atom is -0.351 e. The Labute approximate surface area is 200 Å². The third-order valence-corrected chi connectivity index (χ3v) is 7.12. The lowest BCUT2D eigenvalue weighted by Crippen LogP contribution is -2.44. The van der Waals surface area contributed by atoms with Crippen molar-refractivity contribution in [2.24, 2.45) is 5.41 Å². The van der Waals surface area contributed by atoms with Gasteiger partial charge in [-0.1, -0.05) is 72.8 Å². The van der Waals surface area contributed by atoms with Crippen LogP contribution in [0.3, 0.4) is 0 Å². The predicted octanol–water partition coefficient (Wildman–Crippen LogP) is 5.58. The smallest absolute Gasteiger partial charge is 0.185 e. The summed E-state index contributed by atoms with van der Waals surface area (Å²) in [6, 6.07) is 28.3. The number of para-hydroxylation sites is 1. The monoisotopic (exact) mass is 527 g/mol. The normalized spacial score (nSPS) is 22.3. The summed E-state index contributed by atoms with van der Waals surface area (Å²) >= 11 is 2.23. The molecule has 0 spiro atoms. The average Bonchev–Trinajstić information content (AvgIpc) is 3.15. The second kappa shape index (κ2) is 7.93. The van der Waals surface area contributed by atoms with E-state index in [-0.39, 0.29) is 5.78 Å². The van der Waals surface area contributed by atoms with E-state index >= 15 is 0 Å². The third kappa shape index (κ3) is 2.97. The number of nitriles is 2. The Morgan fingerprint density at radius 3 is 2.38 bits per heavy atom. The zero-order valence-corrected chi connectivity index (χ0v) is 19.2. The zero-order valence-electron chi connectivity index (χ0n) is 17.0. The molecule has 0 amide bonds. The maximum atomic E-state index is 14.0. The number of hydrogen-bond donors (Lipinski definition) is 0. The van der Waals surface area contributed by atoms with Gasteiger partial charge in [-0.25, -0.2) is 0 Å². The summed E-state index contributed by atoms with van der Waals surface area (Å²) in [5, 5.41) is 20.9. The molecule has 5 rings (SSSR count). The SMILES string of the molecule is N#CC1(C#N)[C@H](c2cccc(I)c2)[C@H](C(=O)c2ccccc2)N2c3ccccc3C=C[C@H]21. The number of rotatable bonds is 3. The van der Waals surface area contributed by atoms with E-state index in [0.29, 0.717) is 5.56 Å². The molecule has 0 saturated carbocycles. The number of ketones is 1. The number of benzene rings is 3. The summed E-state index contributed by atoms with van der Waals surface area (Å²) in [6.07, 6.45) is 3.87. The maximum absolute atomic E-state index is 14.0. The van der Waals surface area contributed by atoms with Crippen LogP contribution >= 0.6 is 22.6 Å². The van der Waals surface area contributed by atoms with Gasteiger partial charge in [0.15, 0.2) is 11.2 Å². The van der Waals surface area contributed by atoms with E-state index < -0.39 is 23.4 Å². The lowest BCUT2D eigenvalue weighted by Gasteiger charge is -2.35. The molecular formula is C27H18IN3O. The lowest BCUT2D eigenvalue weighted by atomic mass is 9.69. The van der Waals surface area contributed by atoms with Crippen LogP contribution in [0.25, 0.3) is 6.08 Å². The Hall–Kier alpha value is -3.42. The van der Waals surface area contributed by atoms with E-state index in [4.69, 9.17) is 0 Å². The van der Waals surface area contributed by atoms with Crippen LogP contribution in [0.15, 0.2) is 84.9 Å². The second-order valence-electron chi connectivity index (χ2n) is 8.07. The largest absolute Gasteiger partial charge is 0.351 e. The molecule has 32 heavy (non-hydrogen) atoms. The molecule has 0 unspecified atom stereocenters. The van der Waals surface area contributed by atoms with Gasteiger partial charge in [-0.05, 0) is 51.9 Å². The Balaban J connectivity index is 1.80. The number of nitrogens with zero attached hydrogens (tertiary/aromatic N) is 3. The fourth-order valence-corrected chi connectivity index (χ4v) is 5.65. The number of carbonyl (C=O) groups is 1. The van der Waals surface area contributed by atoms with E-state index in [1.807, 2.05) is 83.8 Å². The Morgan fingerprint density at radius 1 is 0.938 bits per heavy atom. The van der Waals surface area contributed by atoms with E-state index in [1.165, 1.54) is 0 Å². The molecule has 0 aliphatic carbocycles. The number of carbonyl (C=O) groups excluding carboxylic acids is 1. The summed E-state index contributed by atoms with van der Waals surface area (Å²) in [4.78, 5) is 16.0. The number of Topliss-reactive ketones (excluding diaryl/α,β-unsaturated/α-hetero) is 1. The van der Waals surface area contributed by atoms with Gasteiger partial charge in [0.05, 0.1) is 18.2 Å². The minimum absolute atomic E-state index is 0.0862. The molecule has 2 heterocycles. The Bertz CT molecular complexity index is 1300. The van der Waals surface area contributed by atoms with Gasteiger partial charge in [0.1, 0.15) is 6.04 Å². The molecule has 1 saturated heterocycles. The highest BCUT2D eigenvalue weighted by Gasteiger charge is 2.63. The number of halogens is 1. The quantitative estimate of drug-likeness (QED) is 0.330. The molecule has 1 fully saturated rings. The van der Waals surface area contributed by atoms with E-state index in [1.54, 1.807) is 12.1 Å². The summed E-state index contributed by atoms with van der Waals surface area (Å²) in [6.45, 7) is 0. The van der Waals surface area contributed by atoms with Crippen LogP contribution in [0.4, 0.5) is 5.69 Å². The first-order valence-corrected chi connectivity index (χ1v) is 11.4. The van der Waals surface area contributed by atoms with Crippen molar-refractivity contribution < 1.29 is 4.79 Å². The van der Waals surface area contributed by atoms with E-state index in [9.17, 15) is 15.3 Å². The molecule has 4 nitrogen and oxygen atoms in total. The number of anilines is 1. The molecule has 0 bridgehead atoms. The van der Waals surface area contributed by atoms with Crippen molar-refractivity contribution in [3.8, 4) is 12.1 Å². The third-order valence-electron chi connectivity index (χ3n) is 6.45. The minimum atomic E-state index is -1.41. The van der Waals surface area contributed by atoms with Crippen LogP contribution in [0.1, 0.15) is 27.4 Å². The fourth-order valence-electron chi connectivity index (χ4n) is 5.08. The molecule has 3 aromatic rings. The highest BCUT2D eigenvalue weighted by Crippen LogP contribution is 2.55. The van der Waals surface area contributed by atoms with Crippen molar-refractivity contribution in [2.45, 2.75) is 18.0 Å². The van der Waals surface area contributed by atoms with Crippen LogP contribution < -0.4 is 4.90 Å². The van der Waals surface area contributed by atoms with Gasteiger partial charge in [0.25, 0.3) is 0 Å². The van der Waals surface area contributed by atoms with Gasteiger partial charge in [0, 0.05) is 20.7 Å². The summed E-state index contributed by atoms with van der Waals surface area (Å²) in [5.41, 5.74) is 1.84. The molecule has 3 aromatic carbocycles. The maximum Gasteiger partial charge on any atom is 0.185 e. The van der Waals surface area contributed by atoms with Gasteiger partial charge in [-0.3, -0.25) is 4.79 Å². The van der Waals surface area contributed by atoms with Crippen LogP contribution in [-0.4, -0.2) is 17.9 Å². The predicted molar refractivity (Wildman–Crippen MR) is 132 cm³/mol. The van der Waals surface area contributed by atoms with E-state index in [0.717, 1.165) is 20.4 Å². The molecule has 2 aliphatic rings. The van der Waals surface area contributed by atoms with Crippen molar-refractivity contribution in [1.29, 1.82) is 10.5 Å². The molecule has 2 aliphatic heterocycles. The molecular weight excluding hydrogens is 509 g/mol. The van der Waals surface area contributed by atoms with Gasteiger partial charge in [-0.2, -0.15) is 10.5 Å².